The maximum Gasteiger partial charge on any atom is 0.418 e. The van der Waals surface area contributed by atoms with Crippen molar-refractivity contribution in [1.29, 1.82) is 0 Å². The lowest BCUT2D eigenvalue weighted by atomic mass is 10.2. The molecular formula is C11H9F3N2O2. The van der Waals surface area contributed by atoms with Gasteiger partial charge in [0.25, 0.3) is 0 Å². The third-order valence-electron chi connectivity index (χ3n) is 1.88. The molecule has 0 aliphatic carbocycles. The minimum atomic E-state index is -4.59. The van der Waals surface area contributed by atoms with Crippen molar-refractivity contribution in [2.24, 2.45) is 0 Å². The zero-order valence-electron chi connectivity index (χ0n) is 9.28. The molecule has 0 unspecified atom stereocenters. The van der Waals surface area contributed by atoms with Crippen LogP contribution in [0.2, 0.25) is 0 Å². The highest BCUT2D eigenvalue weighted by atomic mass is 19.4. The zero-order valence-corrected chi connectivity index (χ0v) is 9.28. The van der Waals surface area contributed by atoms with Crippen molar-refractivity contribution in [3.05, 3.63) is 24.0 Å². The van der Waals surface area contributed by atoms with Gasteiger partial charge in [-0.2, -0.15) is 13.2 Å². The summed E-state index contributed by atoms with van der Waals surface area (Å²) in [5, 5.41) is 1.94. The minimum Gasteiger partial charge on any atom is -0.433 e. The molecule has 0 aromatic carbocycles. The van der Waals surface area contributed by atoms with E-state index in [-0.39, 0.29) is 0 Å². The lowest BCUT2D eigenvalue weighted by Crippen LogP contribution is -2.21. The molecule has 1 heterocycles. The van der Waals surface area contributed by atoms with Gasteiger partial charge in [-0.1, -0.05) is 5.92 Å². The predicted molar refractivity (Wildman–Crippen MR) is 57.6 cm³/mol. The maximum atomic E-state index is 12.6. The fourth-order valence-corrected chi connectivity index (χ4v) is 1.08. The van der Waals surface area contributed by atoms with Gasteiger partial charge in [-0.05, 0) is 13.0 Å². The Hall–Kier alpha value is -2.23. The van der Waals surface area contributed by atoms with Crippen LogP contribution in [0.5, 0.6) is 0 Å². The largest absolute Gasteiger partial charge is 0.433 e. The summed E-state index contributed by atoms with van der Waals surface area (Å²) in [5.41, 5.74) is -1.50. The molecule has 0 aliphatic heterocycles. The molecular weight excluding hydrogens is 249 g/mol. The van der Waals surface area contributed by atoms with Gasteiger partial charge in [-0.25, -0.2) is 4.79 Å². The van der Waals surface area contributed by atoms with E-state index in [0.717, 1.165) is 18.5 Å². The van der Waals surface area contributed by atoms with Gasteiger partial charge in [-0.3, -0.25) is 10.3 Å². The summed E-state index contributed by atoms with van der Waals surface area (Å²) in [6.07, 6.45) is 0.319. The minimum absolute atomic E-state index is 0.487. The van der Waals surface area contributed by atoms with Gasteiger partial charge >= 0.3 is 12.3 Å². The Morgan fingerprint density at radius 2 is 2.28 bits per heavy atom. The number of aromatic nitrogens is 1. The van der Waals surface area contributed by atoms with Crippen LogP contribution in [0.4, 0.5) is 23.7 Å². The van der Waals surface area contributed by atoms with E-state index in [2.05, 4.69) is 15.6 Å². The highest BCUT2D eigenvalue weighted by molar-refractivity contribution is 5.85. The monoisotopic (exact) mass is 258 g/mol. The van der Waals surface area contributed by atoms with Crippen LogP contribution in [0.1, 0.15) is 12.5 Å². The Bertz CT molecular complexity index is 480. The Balaban J connectivity index is 2.86. The van der Waals surface area contributed by atoms with Gasteiger partial charge in [0.2, 0.25) is 0 Å². The topological polar surface area (TPSA) is 51.2 Å². The van der Waals surface area contributed by atoms with Crippen molar-refractivity contribution >= 4 is 11.8 Å². The van der Waals surface area contributed by atoms with Crippen LogP contribution in [0.25, 0.3) is 0 Å². The molecule has 0 saturated carbocycles. The summed E-state index contributed by atoms with van der Waals surface area (Å²) >= 11 is 0. The first-order chi connectivity index (χ1) is 8.34. The number of ether oxygens (including phenoxy) is 1. The molecule has 1 amide bonds. The summed E-state index contributed by atoms with van der Waals surface area (Å²) in [6.45, 7) is 1.41. The van der Waals surface area contributed by atoms with E-state index < -0.39 is 29.6 Å². The molecule has 1 aromatic rings. The number of hydrogen-bond acceptors (Lipinski definition) is 3. The highest BCUT2D eigenvalue weighted by Gasteiger charge is 2.34. The standard InChI is InChI=1S/C11H9F3N2O2/c1-3-7(2)18-10(17)16-9-6-15-5-4-8(9)11(12,13)14/h1,4-7H,2H3,(H,16,17)/t7-/m0/s1. The Morgan fingerprint density at radius 1 is 1.61 bits per heavy atom. The molecule has 0 radical (unpaired) electrons. The van der Waals surface area contributed by atoms with Crippen LogP contribution in [-0.4, -0.2) is 17.2 Å². The van der Waals surface area contributed by atoms with E-state index in [1.807, 2.05) is 5.32 Å². The first-order valence-corrected chi connectivity index (χ1v) is 4.79. The number of pyridine rings is 1. The van der Waals surface area contributed by atoms with Crippen molar-refractivity contribution < 1.29 is 22.7 Å². The molecule has 1 N–H and O–H groups in total. The Labute approximate surface area is 101 Å². The van der Waals surface area contributed by atoms with Crippen LogP contribution < -0.4 is 5.32 Å². The normalized spacial score (nSPS) is 12.4. The molecule has 4 nitrogen and oxygen atoms in total. The van der Waals surface area contributed by atoms with Crippen LogP contribution in [-0.2, 0) is 10.9 Å². The zero-order chi connectivity index (χ0) is 13.8. The number of nitrogens with one attached hydrogen (secondary N) is 1. The molecule has 1 atom stereocenters. The molecule has 18 heavy (non-hydrogen) atoms. The molecule has 96 valence electrons. The van der Waals surface area contributed by atoms with Gasteiger partial charge in [0.05, 0.1) is 17.4 Å². The van der Waals surface area contributed by atoms with E-state index in [9.17, 15) is 18.0 Å². The third kappa shape index (κ3) is 3.66. The van der Waals surface area contributed by atoms with E-state index in [4.69, 9.17) is 6.42 Å². The van der Waals surface area contributed by atoms with Crippen molar-refractivity contribution in [1.82, 2.24) is 4.98 Å². The van der Waals surface area contributed by atoms with Crippen LogP contribution >= 0.6 is 0 Å². The smallest absolute Gasteiger partial charge is 0.418 e. The summed E-state index contributed by atoms with van der Waals surface area (Å²) in [5.74, 6) is 2.11. The summed E-state index contributed by atoms with van der Waals surface area (Å²) in [4.78, 5) is 14.7. The quantitative estimate of drug-likeness (QED) is 0.830. The lowest BCUT2D eigenvalue weighted by Gasteiger charge is -2.13. The van der Waals surface area contributed by atoms with Gasteiger partial charge in [0, 0.05) is 6.20 Å². The number of alkyl halides is 3. The average molecular weight is 258 g/mol. The van der Waals surface area contributed by atoms with E-state index >= 15 is 0 Å². The molecule has 1 rings (SSSR count). The number of amides is 1. The molecule has 1 aromatic heterocycles. The highest BCUT2D eigenvalue weighted by Crippen LogP contribution is 2.34. The SMILES string of the molecule is C#C[C@H](C)OC(=O)Nc1cnccc1C(F)(F)F. The molecule has 0 spiro atoms. The van der Waals surface area contributed by atoms with Crippen molar-refractivity contribution in [2.75, 3.05) is 5.32 Å². The molecule has 7 heteroatoms. The van der Waals surface area contributed by atoms with Crippen LogP contribution in [0.15, 0.2) is 18.5 Å². The number of carbonyl (C=O) groups excluding carboxylic acids is 1. The number of terminal acetylenes is 1. The molecule has 0 aliphatic rings. The molecule has 0 bridgehead atoms. The Kier molecular flexibility index (Phi) is 4.15. The number of carbonyl (C=O) groups is 1. The van der Waals surface area contributed by atoms with Crippen molar-refractivity contribution in [2.45, 2.75) is 19.2 Å². The van der Waals surface area contributed by atoms with Crippen LogP contribution in [0, 0.1) is 12.3 Å². The van der Waals surface area contributed by atoms with E-state index in [1.165, 1.54) is 6.92 Å². The summed E-state index contributed by atoms with van der Waals surface area (Å²) in [7, 11) is 0. The lowest BCUT2D eigenvalue weighted by molar-refractivity contribution is -0.137. The van der Waals surface area contributed by atoms with Crippen LogP contribution in [0.3, 0.4) is 0 Å². The van der Waals surface area contributed by atoms with E-state index in [1.54, 1.807) is 0 Å². The third-order valence-corrected chi connectivity index (χ3v) is 1.88. The molecule has 0 saturated heterocycles. The Morgan fingerprint density at radius 3 is 2.83 bits per heavy atom. The fourth-order valence-electron chi connectivity index (χ4n) is 1.08. The average Bonchev–Trinajstić information content (AvgIpc) is 2.27. The van der Waals surface area contributed by atoms with Gasteiger partial charge in [0.15, 0.2) is 6.10 Å². The predicted octanol–water partition coefficient (Wildman–Crippen LogP) is 2.67. The van der Waals surface area contributed by atoms with Gasteiger partial charge in [-0.15, -0.1) is 6.42 Å². The number of halogens is 3. The number of hydrogen-bond donors (Lipinski definition) is 1. The van der Waals surface area contributed by atoms with Crippen molar-refractivity contribution in [3.63, 3.8) is 0 Å². The second kappa shape index (κ2) is 5.40. The number of nitrogens with zero attached hydrogens (tertiary/aromatic N) is 1. The van der Waals surface area contributed by atoms with E-state index in [0.29, 0.717) is 0 Å². The van der Waals surface area contributed by atoms with Gasteiger partial charge < -0.3 is 4.74 Å². The fraction of sp³-hybridized carbons (Fsp3) is 0.273. The second-order valence-corrected chi connectivity index (χ2v) is 3.26. The first-order valence-electron chi connectivity index (χ1n) is 4.79. The van der Waals surface area contributed by atoms with Gasteiger partial charge in [0.1, 0.15) is 0 Å². The number of anilines is 1. The maximum absolute atomic E-state index is 12.6. The van der Waals surface area contributed by atoms with Crippen molar-refractivity contribution in [3.8, 4) is 12.3 Å². The second-order valence-electron chi connectivity index (χ2n) is 3.26. The first kappa shape index (κ1) is 13.8. The summed E-state index contributed by atoms with van der Waals surface area (Å²) in [6, 6.07) is 0.750. The summed E-state index contributed by atoms with van der Waals surface area (Å²) < 4.78 is 42.3. The molecule has 0 fully saturated rings. The number of rotatable bonds is 2.